The largest absolute Gasteiger partial charge is 0.323 e. The van der Waals surface area contributed by atoms with Gasteiger partial charge in [-0.1, -0.05) is 36.4 Å². The van der Waals surface area contributed by atoms with Crippen LogP contribution in [0.1, 0.15) is 0 Å². The van der Waals surface area contributed by atoms with Gasteiger partial charge in [0.2, 0.25) is 16.8 Å². The van der Waals surface area contributed by atoms with E-state index in [0.29, 0.717) is 5.52 Å². The van der Waals surface area contributed by atoms with Crippen LogP contribution < -0.4 is 27.1 Å². The third kappa shape index (κ3) is 2.11. The zero-order chi connectivity index (χ0) is 16.7. The fraction of sp³-hybridized carbons (Fsp3) is 0. The second kappa shape index (κ2) is 5.24. The first-order valence-electron chi connectivity index (χ1n) is 7.16. The molecule has 0 atom stereocenters. The van der Waals surface area contributed by atoms with Gasteiger partial charge in [-0.05, 0) is 12.1 Å². The summed E-state index contributed by atoms with van der Waals surface area (Å²) < 4.78 is 0. The fourth-order valence-electron chi connectivity index (χ4n) is 2.56. The molecular weight excluding hydrogens is 308 g/mol. The van der Waals surface area contributed by atoms with E-state index in [0.717, 1.165) is 5.52 Å². The van der Waals surface area contributed by atoms with Crippen LogP contribution in [-0.2, 0) is 0 Å². The summed E-state index contributed by atoms with van der Waals surface area (Å²) in [5.41, 5.74) is 1.78. The normalized spacial score (nSPS) is 12.1. The Kier molecular flexibility index (Phi) is 3.06. The lowest BCUT2D eigenvalue weighted by Gasteiger charge is -1.95. The Morgan fingerprint density at radius 1 is 0.833 bits per heavy atom. The minimum Gasteiger partial charge on any atom is -0.323 e. The van der Waals surface area contributed by atoms with Gasteiger partial charge in [-0.3, -0.25) is 14.4 Å². The lowest BCUT2D eigenvalue weighted by atomic mass is 10.1. The fourth-order valence-corrected chi connectivity index (χ4v) is 2.56. The van der Waals surface area contributed by atoms with Crippen molar-refractivity contribution in [2.24, 2.45) is 5.10 Å². The Hall–Kier alpha value is -3.61. The molecule has 24 heavy (non-hydrogen) atoms. The van der Waals surface area contributed by atoms with Crippen molar-refractivity contribution in [1.29, 1.82) is 0 Å². The van der Waals surface area contributed by atoms with Gasteiger partial charge in [0.1, 0.15) is 0 Å². The molecule has 0 amide bonds. The average molecular weight is 318 g/mol. The Morgan fingerprint density at radius 3 is 2.25 bits per heavy atom. The molecule has 7 nitrogen and oxygen atoms in total. The third-order valence-corrected chi connectivity index (χ3v) is 3.72. The number of fused-ring (bicyclic) bond motifs is 2. The maximum absolute atomic E-state index is 12.4. The molecule has 1 heterocycles. The van der Waals surface area contributed by atoms with E-state index in [1.807, 2.05) is 18.2 Å². The number of nitrogens with one attached hydrogen (secondary N) is 2. The monoisotopic (exact) mass is 318 g/mol. The second-order valence-electron chi connectivity index (χ2n) is 5.21. The van der Waals surface area contributed by atoms with E-state index in [1.54, 1.807) is 18.2 Å². The van der Waals surface area contributed by atoms with Crippen LogP contribution in [0, 0.1) is 0 Å². The number of aromatic nitrogens is 2. The number of para-hydroxylation sites is 2. The van der Waals surface area contributed by atoms with Crippen LogP contribution in [0.4, 0.5) is 5.95 Å². The van der Waals surface area contributed by atoms with Crippen molar-refractivity contribution in [2.75, 3.05) is 5.43 Å². The first-order chi connectivity index (χ1) is 11.6. The molecule has 7 heteroatoms. The molecule has 3 aromatic carbocycles. The number of hydrogen-bond donors (Lipinski definition) is 2. The van der Waals surface area contributed by atoms with E-state index in [1.165, 1.54) is 12.1 Å². The standard InChI is InChI=1S/C17H10N4O3/c22-14-9-5-1-2-6-10(9)15(23)16(24)13(14)20-21-17-18-11-7-3-4-8-12(11)19-17/h1-8H,(H2,18,19,21)/b20-13-. The summed E-state index contributed by atoms with van der Waals surface area (Å²) in [6.45, 7) is 0. The molecule has 116 valence electrons. The van der Waals surface area contributed by atoms with Gasteiger partial charge in [0.25, 0.3) is 5.43 Å². The van der Waals surface area contributed by atoms with Crippen molar-refractivity contribution >= 4 is 27.8 Å². The summed E-state index contributed by atoms with van der Waals surface area (Å²) in [7, 11) is 0. The third-order valence-electron chi connectivity index (χ3n) is 3.72. The van der Waals surface area contributed by atoms with Crippen LogP contribution in [0.25, 0.3) is 21.8 Å². The Labute approximate surface area is 133 Å². The van der Waals surface area contributed by atoms with E-state index >= 15 is 0 Å². The molecule has 1 aromatic heterocycles. The van der Waals surface area contributed by atoms with Gasteiger partial charge < -0.3 is 4.98 Å². The molecule has 0 aliphatic carbocycles. The number of rotatable bonds is 2. The molecule has 2 N–H and O–H groups in total. The highest BCUT2D eigenvalue weighted by molar-refractivity contribution is 5.81. The molecule has 0 fully saturated rings. The van der Waals surface area contributed by atoms with Crippen LogP contribution >= 0.6 is 0 Å². The number of benzene rings is 3. The molecule has 4 rings (SSSR count). The summed E-state index contributed by atoms with van der Waals surface area (Å²) in [4.78, 5) is 43.8. The summed E-state index contributed by atoms with van der Waals surface area (Å²) in [5, 5.41) is 3.65. The topological polar surface area (TPSA) is 104 Å². The molecule has 4 aromatic rings. The molecule has 0 aliphatic heterocycles. The summed E-state index contributed by atoms with van der Waals surface area (Å²) in [6.07, 6.45) is 0. The van der Waals surface area contributed by atoms with Crippen LogP contribution in [-0.4, -0.2) is 9.97 Å². The number of H-pyrrole nitrogens is 1. The predicted molar refractivity (Wildman–Crippen MR) is 90.4 cm³/mol. The maximum Gasteiger partial charge on any atom is 0.257 e. The highest BCUT2D eigenvalue weighted by Crippen LogP contribution is 2.12. The van der Waals surface area contributed by atoms with E-state index in [-0.39, 0.29) is 16.7 Å². The Bertz CT molecular complexity index is 1260. The molecule has 0 spiro atoms. The summed E-state index contributed by atoms with van der Waals surface area (Å²) in [6, 6.07) is 13.5. The number of anilines is 1. The minimum absolute atomic E-state index is 0.107. The lowest BCUT2D eigenvalue weighted by molar-refractivity contribution is 1.12. The van der Waals surface area contributed by atoms with E-state index in [2.05, 4.69) is 20.5 Å². The van der Waals surface area contributed by atoms with Gasteiger partial charge in [0.05, 0.1) is 11.0 Å². The molecule has 0 saturated carbocycles. The van der Waals surface area contributed by atoms with Crippen molar-refractivity contribution in [3.63, 3.8) is 0 Å². The Balaban J connectivity index is 1.90. The van der Waals surface area contributed by atoms with Gasteiger partial charge in [-0.2, -0.15) is 5.10 Å². The first kappa shape index (κ1) is 14.0. The van der Waals surface area contributed by atoms with E-state index in [4.69, 9.17) is 0 Å². The maximum atomic E-state index is 12.4. The van der Waals surface area contributed by atoms with Crippen LogP contribution in [0.5, 0.6) is 0 Å². The minimum atomic E-state index is -0.928. The van der Waals surface area contributed by atoms with Crippen molar-refractivity contribution in [2.45, 2.75) is 0 Å². The summed E-state index contributed by atoms with van der Waals surface area (Å²) >= 11 is 0. The second-order valence-corrected chi connectivity index (χ2v) is 5.21. The highest BCUT2D eigenvalue weighted by atomic mass is 16.2. The zero-order valence-electron chi connectivity index (χ0n) is 12.2. The van der Waals surface area contributed by atoms with Gasteiger partial charge in [-0.25, -0.2) is 10.4 Å². The SMILES string of the molecule is O=c1c(=O)c2ccccc2c(=O)/c1=N/Nc1nc2ccccc2[nH]1. The first-order valence-corrected chi connectivity index (χ1v) is 7.16. The number of nitrogens with zero attached hydrogens (tertiary/aromatic N) is 2. The number of hydrogen-bond acceptors (Lipinski definition) is 6. The van der Waals surface area contributed by atoms with Gasteiger partial charge >= 0.3 is 0 Å². The predicted octanol–water partition coefficient (Wildman–Crippen LogP) is 0.600. The number of aromatic amines is 1. The van der Waals surface area contributed by atoms with Gasteiger partial charge in [-0.15, -0.1) is 0 Å². The van der Waals surface area contributed by atoms with E-state index < -0.39 is 21.6 Å². The van der Waals surface area contributed by atoms with Crippen LogP contribution in [0.3, 0.4) is 0 Å². The van der Waals surface area contributed by atoms with Gasteiger partial charge in [0.15, 0.2) is 5.36 Å². The highest BCUT2D eigenvalue weighted by Gasteiger charge is 2.10. The van der Waals surface area contributed by atoms with Crippen molar-refractivity contribution in [3.05, 3.63) is 84.6 Å². The molecule has 0 bridgehead atoms. The number of imidazole rings is 1. The smallest absolute Gasteiger partial charge is 0.257 e. The summed E-state index contributed by atoms with van der Waals surface area (Å²) in [5.74, 6) is 0.274. The molecule has 0 radical (unpaired) electrons. The zero-order valence-corrected chi connectivity index (χ0v) is 12.2. The van der Waals surface area contributed by atoms with Crippen LogP contribution in [0.2, 0.25) is 0 Å². The molecule has 0 aliphatic rings. The van der Waals surface area contributed by atoms with Crippen molar-refractivity contribution in [3.8, 4) is 0 Å². The Morgan fingerprint density at radius 2 is 1.50 bits per heavy atom. The van der Waals surface area contributed by atoms with Gasteiger partial charge in [0, 0.05) is 10.8 Å². The van der Waals surface area contributed by atoms with Crippen LogP contribution in [0.15, 0.2) is 68.0 Å². The quantitative estimate of drug-likeness (QED) is 0.416. The average Bonchev–Trinajstić information content (AvgIpc) is 3.02. The van der Waals surface area contributed by atoms with Crippen molar-refractivity contribution in [1.82, 2.24) is 9.97 Å². The molecule has 0 unspecified atom stereocenters. The lowest BCUT2D eigenvalue weighted by Crippen LogP contribution is -2.48. The van der Waals surface area contributed by atoms with E-state index in [9.17, 15) is 14.4 Å². The molecule has 0 saturated heterocycles. The van der Waals surface area contributed by atoms with Crippen molar-refractivity contribution < 1.29 is 0 Å². The molecular formula is C17H10N4O3.